The molecule has 148 valence electrons. The zero-order valence-electron chi connectivity index (χ0n) is 15.6. The monoisotopic (exact) mass is 410 g/mol. The summed E-state index contributed by atoms with van der Waals surface area (Å²) in [6.07, 6.45) is 4.83. The van der Waals surface area contributed by atoms with Crippen LogP contribution in [0.1, 0.15) is 50.6 Å². The maximum absolute atomic E-state index is 13.3. The molecule has 1 N–H and O–H groups in total. The van der Waals surface area contributed by atoms with Crippen LogP contribution in [0.3, 0.4) is 0 Å². The van der Waals surface area contributed by atoms with Crippen molar-refractivity contribution in [3.8, 4) is 0 Å². The summed E-state index contributed by atoms with van der Waals surface area (Å²) in [6, 6.07) is 7.65. The van der Waals surface area contributed by atoms with Crippen LogP contribution >= 0.6 is 11.6 Å². The van der Waals surface area contributed by atoms with Crippen molar-refractivity contribution in [2.45, 2.75) is 51.1 Å². The fourth-order valence-electron chi connectivity index (χ4n) is 3.98. The van der Waals surface area contributed by atoms with E-state index in [1.54, 1.807) is 0 Å². The summed E-state index contributed by atoms with van der Waals surface area (Å²) in [5.74, 6) is 0.776. The second-order valence-corrected chi connectivity index (χ2v) is 9.37. The summed E-state index contributed by atoms with van der Waals surface area (Å²) in [5.41, 5.74) is 1.07. The molecule has 2 aliphatic rings. The fourth-order valence-corrected chi connectivity index (χ4v) is 4.67. The van der Waals surface area contributed by atoms with Gasteiger partial charge in [-0.15, -0.1) is 0 Å². The summed E-state index contributed by atoms with van der Waals surface area (Å²) in [6.45, 7) is 2.40. The lowest BCUT2D eigenvalue weighted by Crippen LogP contribution is -2.53. The third-order valence-corrected chi connectivity index (χ3v) is 6.87. The molecule has 1 aliphatic carbocycles. The number of benzene rings is 1. The maximum atomic E-state index is 13.3. The maximum Gasteiger partial charge on any atom is 0.226 e. The average Bonchev–Trinajstić information content (AvgIpc) is 3.50. The summed E-state index contributed by atoms with van der Waals surface area (Å²) in [5, 5.41) is 0.671. The van der Waals surface area contributed by atoms with Crippen molar-refractivity contribution >= 4 is 34.8 Å². The molecule has 1 aliphatic heterocycles. The molecule has 1 aromatic carbocycles. The van der Waals surface area contributed by atoms with Gasteiger partial charge in [-0.3, -0.25) is 4.79 Å². The molecule has 4 atom stereocenters. The molecule has 2 unspecified atom stereocenters. The Morgan fingerprint density at radius 2 is 1.96 bits per heavy atom. The number of amides is 1. The first-order valence-corrected chi connectivity index (χ1v) is 11.4. The number of piperidine rings is 1. The first kappa shape index (κ1) is 20.5. The average molecular weight is 411 g/mol. The Balaban J connectivity index is 1.88. The van der Waals surface area contributed by atoms with Gasteiger partial charge in [0, 0.05) is 35.7 Å². The van der Waals surface area contributed by atoms with E-state index in [0.29, 0.717) is 29.7 Å². The Bertz CT molecular complexity index is 693. The van der Waals surface area contributed by atoms with Gasteiger partial charge in [0.2, 0.25) is 5.91 Å². The van der Waals surface area contributed by atoms with Crippen molar-refractivity contribution in [1.82, 2.24) is 9.62 Å². The standard InChI is InChI=1S/C20H27ClN2O3S/c1-2-27(26)22-13-19(15-3-4-15)23-18(14-5-8-17(21)9-6-14)10-7-16(11-12-24)20(23)25/h5-6,8-9,12,15-16,18-19,22H,2-4,7,10-11,13H2,1H3/t16-,18+,19?,27?/m1/s1. The van der Waals surface area contributed by atoms with Crippen LogP contribution in [0.5, 0.6) is 0 Å². The molecule has 1 saturated heterocycles. The Kier molecular flexibility index (Phi) is 7.06. The molecule has 2 fully saturated rings. The molecule has 1 aromatic rings. The van der Waals surface area contributed by atoms with Gasteiger partial charge in [0.05, 0.1) is 17.0 Å². The van der Waals surface area contributed by atoms with Crippen LogP contribution < -0.4 is 4.72 Å². The molecule has 0 aromatic heterocycles. The van der Waals surface area contributed by atoms with E-state index in [1.165, 1.54) is 0 Å². The first-order chi connectivity index (χ1) is 13.0. The van der Waals surface area contributed by atoms with Gasteiger partial charge in [-0.1, -0.05) is 30.7 Å². The fraction of sp³-hybridized carbons (Fsp3) is 0.600. The van der Waals surface area contributed by atoms with E-state index in [4.69, 9.17) is 11.6 Å². The van der Waals surface area contributed by atoms with Crippen molar-refractivity contribution in [2.75, 3.05) is 12.3 Å². The molecule has 0 bridgehead atoms. The van der Waals surface area contributed by atoms with E-state index in [0.717, 1.165) is 31.1 Å². The third kappa shape index (κ3) is 4.98. The molecular weight excluding hydrogens is 384 g/mol. The quantitative estimate of drug-likeness (QED) is 0.635. The normalized spacial score (nSPS) is 25.3. The number of nitrogens with zero attached hydrogens (tertiary/aromatic N) is 1. The SMILES string of the molecule is CCS(=O)NCC(C1CC1)N1C(=O)[C@@H](CC=O)CC[C@H]1c1ccc(Cl)cc1. The predicted octanol–water partition coefficient (Wildman–Crippen LogP) is 3.26. The molecule has 0 radical (unpaired) electrons. The molecule has 27 heavy (non-hydrogen) atoms. The highest BCUT2D eigenvalue weighted by molar-refractivity contribution is 7.82. The van der Waals surface area contributed by atoms with Crippen molar-refractivity contribution in [3.63, 3.8) is 0 Å². The van der Waals surface area contributed by atoms with Gasteiger partial charge in [0.15, 0.2) is 0 Å². The topological polar surface area (TPSA) is 66.5 Å². The molecule has 5 nitrogen and oxygen atoms in total. The van der Waals surface area contributed by atoms with Crippen molar-refractivity contribution < 1.29 is 13.8 Å². The summed E-state index contributed by atoms with van der Waals surface area (Å²) in [4.78, 5) is 26.3. The van der Waals surface area contributed by atoms with Crippen molar-refractivity contribution in [3.05, 3.63) is 34.9 Å². The van der Waals surface area contributed by atoms with Gasteiger partial charge in [-0.25, -0.2) is 8.93 Å². The molecule has 1 saturated carbocycles. The molecule has 1 heterocycles. The number of hydrogen-bond donors (Lipinski definition) is 1. The number of hydrogen-bond acceptors (Lipinski definition) is 3. The van der Waals surface area contributed by atoms with Gasteiger partial charge in [-0.2, -0.15) is 0 Å². The van der Waals surface area contributed by atoms with Crippen LogP contribution in [0.25, 0.3) is 0 Å². The number of nitrogens with one attached hydrogen (secondary N) is 1. The Morgan fingerprint density at radius 3 is 2.56 bits per heavy atom. The van der Waals surface area contributed by atoms with Gasteiger partial charge in [0.25, 0.3) is 0 Å². The van der Waals surface area contributed by atoms with Gasteiger partial charge in [0.1, 0.15) is 6.29 Å². The zero-order valence-corrected chi connectivity index (χ0v) is 17.2. The minimum Gasteiger partial charge on any atom is -0.331 e. The lowest BCUT2D eigenvalue weighted by Gasteiger charge is -2.44. The van der Waals surface area contributed by atoms with E-state index in [1.807, 2.05) is 36.1 Å². The number of halogens is 1. The minimum atomic E-state index is -1.08. The van der Waals surface area contributed by atoms with E-state index in [2.05, 4.69) is 4.72 Å². The predicted molar refractivity (Wildman–Crippen MR) is 108 cm³/mol. The van der Waals surface area contributed by atoms with E-state index >= 15 is 0 Å². The largest absolute Gasteiger partial charge is 0.331 e. The molecule has 7 heteroatoms. The van der Waals surface area contributed by atoms with Crippen LogP contribution in [0.4, 0.5) is 0 Å². The molecule has 3 rings (SSSR count). The van der Waals surface area contributed by atoms with Crippen LogP contribution in [-0.2, 0) is 20.6 Å². The summed E-state index contributed by atoms with van der Waals surface area (Å²) >= 11 is 6.04. The number of carbonyl (C=O) groups is 2. The molecule has 1 amide bonds. The Labute approximate surface area is 168 Å². The van der Waals surface area contributed by atoms with E-state index in [-0.39, 0.29) is 30.3 Å². The zero-order chi connectivity index (χ0) is 19.4. The lowest BCUT2D eigenvalue weighted by molar-refractivity contribution is -0.147. The number of aldehydes is 1. The second kappa shape index (κ2) is 9.30. The van der Waals surface area contributed by atoms with Crippen molar-refractivity contribution in [2.24, 2.45) is 11.8 Å². The highest BCUT2D eigenvalue weighted by atomic mass is 35.5. The van der Waals surface area contributed by atoms with Gasteiger partial charge < -0.3 is 9.69 Å². The lowest BCUT2D eigenvalue weighted by atomic mass is 9.85. The summed E-state index contributed by atoms with van der Waals surface area (Å²) < 4.78 is 15.0. The first-order valence-electron chi connectivity index (χ1n) is 9.68. The molecular formula is C20H27ClN2O3S. The Morgan fingerprint density at radius 1 is 1.26 bits per heavy atom. The van der Waals surface area contributed by atoms with Crippen LogP contribution in [0.2, 0.25) is 5.02 Å². The molecule has 0 spiro atoms. The van der Waals surface area contributed by atoms with Crippen LogP contribution in [0, 0.1) is 11.8 Å². The van der Waals surface area contributed by atoms with Gasteiger partial charge >= 0.3 is 0 Å². The third-order valence-electron chi connectivity index (χ3n) is 5.60. The number of carbonyl (C=O) groups excluding carboxylic acids is 2. The number of likely N-dealkylation sites (tertiary alicyclic amines) is 1. The van der Waals surface area contributed by atoms with Crippen LogP contribution in [-0.4, -0.2) is 39.6 Å². The van der Waals surface area contributed by atoms with Gasteiger partial charge in [-0.05, 0) is 49.3 Å². The highest BCUT2D eigenvalue weighted by Gasteiger charge is 2.45. The second-order valence-electron chi connectivity index (χ2n) is 7.38. The van der Waals surface area contributed by atoms with Crippen molar-refractivity contribution in [1.29, 1.82) is 0 Å². The minimum absolute atomic E-state index is 0.00290. The van der Waals surface area contributed by atoms with E-state index in [9.17, 15) is 13.8 Å². The summed E-state index contributed by atoms with van der Waals surface area (Å²) in [7, 11) is -1.08. The Hall–Kier alpha value is -1.24. The van der Waals surface area contributed by atoms with E-state index < -0.39 is 11.0 Å². The van der Waals surface area contributed by atoms with Crippen LogP contribution in [0.15, 0.2) is 24.3 Å². The smallest absolute Gasteiger partial charge is 0.226 e. The highest BCUT2D eigenvalue weighted by Crippen LogP contribution is 2.43. The number of rotatable bonds is 9.